The third-order valence-electron chi connectivity index (χ3n) is 3.28. The van der Waals surface area contributed by atoms with Gasteiger partial charge in [-0.15, -0.1) is 11.6 Å². The lowest BCUT2D eigenvalue weighted by Gasteiger charge is -2.31. The van der Waals surface area contributed by atoms with Crippen molar-refractivity contribution >= 4 is 27.5 Å². The summed E-state index contributed by atoms with van der Waals surface area (Å²) in [7, 11) is 0. The summed E-state index contributed by atoms with van der Waals surface area (Å²) < 4.78 is 6.82. The van der Waals surface area contributed by atoms with Crippen molar-refractivity contribution in [1.82, 2.24) is 4.90 Å². The highest BCUT2D eigenvalue weighted by Gasteiger charge is 2.19. The molecule has 0 saturated carbocycles. The predicted octanol–water partition coefficient (Wildman–Crippen LogP) is 3.67. The van der Waals surface area contributed by atoms with Crippen molar-refractivity contribution in [3.63, 3.8) is 0 Å². The third-order valence-corrected chi connectivity index (χ3v) is 3.97. The van der Waals surface area contributed by atoms with Gasteiger partial charge < -0.3 is 4.74 Å². The Morgan fingerprint density at radius 1 is 1.22 bits per heavy atom. The van der Waals surface area contributed by atoms with Gasteiger partial charge in [-0.3, -0.25) is 4.90 Å². The second-order valence-corrected chi connectivity index (χ2v) is 5.96. The fraction of sp³-hybridized carbons (Fsp3) is 0.571. The fourth-order valence-electron chi connectivity index (χ4n) is 2.29. The standard InChI is InChI=1S/C14H19BrClNO/c15-13-3-1-12(2-4-13)11-17-8-5-14(6-9-17)18-10-7-16/h1-4,14H,5-11H2. The van der Waals surface area contributed by atoms with Crippen LogP contribution in [0.5, 0.6) is 0 Å². The molecule has 0 atom stereocenters. The van der Waals surface area contributed by atoms with E-state index in [1.54, 1.807) is 0 Å². The average Bonchev–Trinajstić information content (AvgIpc) is 2.41. The molecule has 1 fully saturated rings. The molecule has 2 rings (SSSR count). The summed E-state index contributed by atoms with van der Waals surface area (Å²) in [5, 5.41) is 0. The number of rotatable bonds is 5. The molecule has 0 N–H and O–H groups in total. The molecule has 0 unspecified atom stereocenters. The van der Waals surface area contributed by atoms with Crippen molar-refractivity contribution < 1.29 is 4.74 Å². The van der Waals surface area contributed by atoms with E-state index in [4.69, 9.17) is 16.3 Å². The zero-order valence-corrected chi connectivity index (χ0v) is 12.8. The summed E-state index contributed by atoms with van der Waals surface area (Å²) >= 11 is 9.09. The van der Waals surface area contributed by atoms with E-state index in [0.717, 1.165) is 36.9 Å². The zero-order chi connectivity index (χ0) is 12.8. The van der Waals surface area contributed by atoms with Crippen molar-refractivity contribution in [2.45, 2.75) is 25.5 Å². The van der Waals surface area contributed by atoms with E-state index in [1.165, 1.54) is 5.56 Å². The molecule has 1 saturated heterocycles. The average molecular weight is 333 g/mol. The number of likely N-dealkylation sites (tertiary alicyclic amines) is 1. The van der Waals surface area contributed by atoms with Crippen LogP contribution in [0.2, 0.25) is 0 Å². The molecule has 0 amide bonds. The summed E-state index contributed by atoms with van der Waals surface area (Å²) in [5.74, 6) is 0.596. The largest absolute Gasteiger partial charge is 0.377 e. The second-order valence-electron chi connectivity index (χ2n) is 4.66. The fourth-order valence-corrected chi connectivity index (χ4v) is 2.65. The van der Waals surface area contributed by atoms with Crippen LogP contribution in [0.15, 0.2) is 28.7 Å². The van der Waals surface area contributed by atoms with E-state index >= 15 is 0 Å². The molecule has 4 heteroatoms. The highest BCUT2D eigenvalue weighted by Crippen LogP contribution is 2.17. The van der Waals surface area contributed by atoms with E-state index in [0.29, 0.717) is 18.6 Å². The van der Waals surface area contributed by atoms with E-state index in [-0.39, 0.29) is 0 Å². The molecule has 1 aromatic carbocycles. The van der Waals surface area contributed by atoms with Crippen molar-refractivity contribution in [1.29, 1.82) is 0 Å². The Bertz CT molecular complexity index is 349. The summed E-state index contributed by atoms with van der Waals surface area (Å²) in [6.45, 7) is 3.94. The Morgan fingerprint density at radius 2 is 1.89 bits per heavy atom. The maximum atomic E-state index is 5.68. The van der Waals surface area contributed by atoms with Gasteiger partial charge in [0, 0.05) is 30.0 Å². The van der Waals surface area contributed by atoms with E-state index in [9.17, 15) is 0 Å². The van der Waals surface area contributed by atoms with Crippen LogP contribution in [0.25, 0.3) is 0 Å². The Kier molecular flexibility index (Phi) is 5.96. The SMILES string of the molecule is ClCCOC1CCN(Cc2ccc(Br)cc2)CC1. The predicted molar refractivity (Wildman–Crippen MR) is 79.1 cm³/mol. The number of piperidine rings is 1. The van der Waals surface area contributed by atoms with Gasteiger partial charge in [0.15, 0.2) is 0 Å². The van der Waals surface area contributed by atoms with Gasteiger partial charge in [0.2, 0.25) is 0 Å². The van der Waals surface area contributed by atoms with E-state index < -0.39 is 0 Å². The third kappa shape index (κ3) is 4.54. The molecule has 0 aromatic heterocycles. The van der Waals surface area contributed by atoms with Crippen LogP contribution in [-0.4, -0.2) is 36.6 Å². The number of halogens is 2. The van der Waals surface area contributed by atoms with Crippen molar-refractivity contribution in [2.75, 3.05) is 25.6 Å². The number of alkyl halides is 1. The van der Waals surface area contributed by atoms with Gasteiger partial charge in [0.05, 0.1) is 12.7 Å². The number of hydrogen-bond donors (Lipinski definition) is 0. The highest BCUT2D eigenvalue weighted by molar-refractivity contribution is 9.10. The summed E-state index contributed by atoms with van der Waals surface area (Å²) in [6, 6.07) is 8.57. The smallest absolute Gasteiger partial charge is 0.0605 e. The molecule has 1 aliphatic rings. The first-order chi connectivity index (χ1) is 8.78. The maximum Gasteiger partial charge on any atom is 0.0605 e. The van der Waals surface area contributed by atoms with Crippen molar-refractivity contribution in [3.8, 4) is 0 Å². The molecular formula is C14H19BrClNO. The molecular weight excluding hydrogens is 314 g/mol. The summed E-state index contributed by atoms with van der Waals surface area (Å²) in [5.41, 5.74) is 1.37. The van der Waals surface area contributed by atoms with Gasteiger partial charge in [-0.1, -0.05) is 28.1 Å². The molecule has 2 nitrogen and oxygen atoms in total. The first-order valence-electron chi connectivity index (χ1n) is 6.42. The highest BCUT2D eigenvalue weighted by atomic mass is 79.9. The lowest BCUT2D eigenvalue weighted by atomic mass is 10.1. The normalized spacial score (nSPS) is 18.1. The Hall–Kier alpha value is -0.0900. The minimum absolute atomic E-state index is 0.407. The lowest BCUT2D eigenvalue weighted by molar-refractivity contribution is 0.0134. The Labute approximate surface area is 122 Å². The van der Waals surface area contributed by atoms with Gasteiger partial charge in [-0.25, -0.2) is 0 Å². The molecule has 0 spiro atoms. The quantitative estimate of drug-likeness (QED) is 0.763. The van der Waals surface area contributed by atoms with Crippen LogP contribution in [0, 0.1) is 0 Å². The van der Waals surface area contributed by atoms with E-state index in [1.807, 2.05) is 0 Å². The Morgan fingerprint density at radius 3 is 2.50 bits per heavy atom. The molecule has 1 heterocycles. The van der Waals surface area contributed by atoms with Gasteiger partial charge in [0.1, 0.15) is 0 Å². The number of ether oxygens (including phenoxy) is 1. The van der Waals surface area contributed by atoms with Crippen LogP contribution in [0.3, 0.4) is 0 Å². The van der Waals surface area contributed by atoms with E-state index in [2.05, 4.69) is 45.1 Å². The molecule has 1 aliphatic heterocycles. The molecule has 0 radical (unpaired) electrons. The molecule has 18 heavy (non-hydrogen) atoms. The zero-order valence-electron chi connectivity index (χ0n) is 10.4. The summed E-state index contributed by atoms with van der Waals surface area (Å²) in [4.78, 5) is 2.49. The van der Waals surface area contributed by atoms with Gasteiger partial charge in [-0.05, 0) is 30.5 Å². The first kappa shape index (κ1) is 14.3. The lowest BCUT2D eigenvalue weighted by Crippen LogP contribution is -2.36. The van der Waals surface area contributed by atoms with Crippen molar-refractivity contribution in [2.24, 2.45) is 0 Å². The minimum Gasteiger partial charge on any atom is -0.377 e. The van der Waals surface area contributed by atoms with Gasteiger partial charge in [0.25, 0.3) is 0 Å². The Balaban J connectivity index is 1.74. The molecule has 100 valence electrons. The number of hydrogen-bond acceptors (Lipinski definition) is 2. The van der Waals surface area contributed by atoms with Crippen LogP contribution in [0.4, 0.5) is 0 Å². The second kappa shape index (κ2) is 7.49. The molecule has 0 aliphatic carbocycles. The topological polar surface area (TPSA) is 12.5 Å². The molecule has 0 bridgehead atoms. The van der Waals surface area contributed by atoms with Crippen molar-refractivity contribution in [3.05, 3.63) is 34.3 Å². The maximum absolute atomic E-state index is 5.68. The first-order valence-corrected chi connectivity index (χ1v) is 7.75. The van der Waals surface area contributed by atoms with Gasteiger partial charge in [-0.2, -0.15) is 0 Å². The van der Waals surface area contributed by atoms with Gasteiger partial charge >= 0.3 is 0 Å². The number of nitrogens with zero attached hydrogens (tertiary/aromatic N) is 1. The van der Waals surface area contributed by atoms with Crippen LogP contribution < -0.4 is 0 Å². The monoisotopic (exact) mass is 331 g/mol. The van der Waals surface area contributed by atoms with Crippen LogP contribution in [-0.2, 0) is 11.3 Å². The van der Waals surface area contributed by atoms with Crippen LogP contribution in [0.1, 0.15) is 18.4 Å². The summed E-state index contributed by atoms with van der Waals surface area (Å²) in [6.07, 6.45) is 2.64. The minimum atomic E-state index is 0.407. The number of benzene rings is 1. The van der Waals surface area contributed by atoms with Crippen LogP contribution >= 0.6 is 27.5 Å². The molecule has 1 aromatic rings.